The zero-order chi connectivity index (χ0) is 20.8. The van der Waals surface area contributed by atoms with Crippen molar-refractivity contribution < 1.29 is 14.4 Å². The number of carbonyl (C=O) groups is 3. The summed E-state index contributed by atoms with van der Waals surface area (Å²) in [7, 11) is 0. The van der Waals surface area contributed by atoms with Gasteiger partial charge >= 0.3 is 0 Å². The summed E-state index contributed by atoms with van der Waals surface area (Å²) in [6.07, 6.45) is 0. The predicted octanol–water partition coefficient (Wildman–Crippen LogP) is 0.677. The van der Waals surface area contributed by atoms with E-state index in [1.807, 2.05) is 36.4 Å². The van der Waals surface area contributed by atoms with Crippen molar-refractivity contribution >= 4 is 40.8 Å². The molecule has 1 fully saturated rings. The maximum absolute atomic E-state index is 12.9. The van der Waals surface area contributed by atoms with Gasteiger partial charge in [-0.2, -0.15) is 5.10 Å². The minimum Gasteiger partial charge on any atom is -0.375 e. The molecule has 2 aromatic carbocycles. The van der Waals surface area contributed by atoms with Crippen LogP contribution >= 0.6 is 12.2 Å². The smallest absolute Gasteiger partial charge is 0.278 e. The number of carbonyl (C=O) groups excluding carboxylic acids is 3. The molecule has 0 radical (unpaired) electrons. The number of benzene rings is 2. The van der Waals surface area contributed by atoms with Gasteiger partial charge in [0.05, 0.1) is 6.54 Å². The van der Waals surface area contributed by atoms with Crippen molar-refractivity contribution in [2.24, 2.45) is 16.8 Å². The van der Waals surface area contributed by atoms with Gasteiger partial charge in [-0.15, -0.1) is 0 Å². The Morgan fingerprint density at radius 3 is 2.21 bits per heavy atom. The van der Waals surface area contributed by atoms with Gasteiger partial charge in [-0.05, 0) is 23.3 Å². The minimum absolute atomic E-state index is 0.0348. The monoisotopic (exact) mass is 409 g/mol. The topological polar surface area (TPSA) is 117 Å². The first-order valence-corrected chi connectivity index (χ1v) is 9.22. The van der Waals surface area contributed by atoms with Gasteiger partial charge in [0.1, 0.15) is 5.71 Å². The zero-order valence-corrected chi connectivity index (χ0v) is 16.2. The highest BCUT2D eigenvalue weighted by atomic mass is 32.1. The van der Waals surface area contributed by atoms with Crippen LogP contribution in [0.25, 0.3) is 0 Å². The molecule has 3 rings (SSSR count). The van der Waals surface area contributed by atoms with Gasteiger partial charge in [0.2, 0.25) is 11.8 Å². The molecule has 1 aliphatic rings. The molecule has 1 heterocycles. The van der Waals surface area contributed by atoms with E-state index in [0.717, 1.165) is 16.0 Å². The molecule has 3 amide bonds. The van der Waals surface area contributed by atoms with Crippen LogP contribution in [0.15, 0.2) is 65.8 Å². The maximum atomic E-state index is 12.9. The Kier molecular flexibility index (Phi) is 6.30. The Morgan fingerprint density at radius 1 is 1.03 bits per heavy atom. The third-order valence-electron chi connectivity index (χ3n) is 4.29. The molecule has 0 bridgehead atoms. The highest BCUT2D eigenvalue weighted by Gasteiger charge is 2.49. The van der Waals surface area contributed by atoms with Crippen LogP contribution in [-0.2, 0) is 27.5 Å². The van der Waals surface area contributed by atoms with Crippen molar-refractivity contribution in [3.05, 3.63) is 71.8 Å². The fourth-order valence-electron chi connectivity index (χ4n) is 2.90. The number of thiocarbonyl (C=S) groups is 1. The van der Waals surface area contributed by atoms with Crippen molar-refractivity contribution in [2.75, 3.05) is 0 Å². The number of likely N-dealkylation sites (tertiary alicyclic amines) is 1. The zero-order valence-electron chi connectivity index (χ0n) is 15.4. The predicted molar refractivity (Wildman–Crippen MR) is 111 cm³/mol. The molecule has 1 aliphatic heterocycles. The summed E-state index contributed by atoms with van der Waals surface area (Å²) in [6, 6.07) is 18.2. The van der Waals surface area contributed by atoms with Crippen LogP contribution in [0.3, 0.4) is 0 Å². The Balaban J connectivity index is 1.82. The van der Waals surface area contributed by atoms with Gasteiger partial charge in [-0.25, -0.2) is 0 Å². The Morgan fingerprint density at radius 2 is 1.62 bits per heavy atom. The standard InChI is InChI=1S/C20H19N5O3S/c21-20(29)24-23-16-15(17(26)22-11-13-7-3-1-4-8-13)18(27)25(19(16)28)12-14-9-5-2-6-10-14/h1-10,15H,11-12H2,(H,22,26)(H3,21,24,29)/b23-16+/t15-/m1/s1. The quantitative estimate of drug-likeness (QED) is 0.280. The van der Waals surface area contributed by atoms with E-state index in [9.17, 15) is 14.4 Å². The number of hydrogen-bond donors (Lipinski definition) is 3. The van der Waals surface area contributed by atoms with Gasteiger partial charge in [-0.1, -0.05) is 60.7 Å². The van der Waals surface area contributed by atoms with E-state index in [1.54, 1.807) is 24.3 Å². The van der Waals surface area contributed by atoms with E-state index >= 15 is 0 Å². The second kappa shape index (κ2) is 9.07. The van der Waals surface area contributed by atoms with Crippen molar-refractivity contribution in [2.45, 2.75) is 13.1 Å². The Hall–Kier alpha value is -3.59. The maximum Gasteiger partial charge on any atom is 0.278 e. The lowest BCUT2D eigenvalue weighted by Crippen LogP contribution is -2.39. The average Bonchev–Trinajstić information content (AvgIpc) is 2.96. The summed E-state index contributed by atoms with van der Waals surface area (Å²) in [6.45, 7) is 0.249. The first-order chi connectivity index (χ1) is 14.0. The van der Waals surface area contributed by atoms with Crippen LogP contribution < -0.4 is 16.5 Å². The molecular weight excluding hydrogens is 390 g/mol. The SMILES string of the molecule is NC(=S)N/N=C1/C(=O)N(Cc2ccccc2)C(=O)[C@H]1C(=O)NCc1ccccc1. The number of nitrogens with two attached hydrogens (primary N) is 1. The van der Waals surface area contributed by atoms with Crippen LogP contribution in [0, 0.1) is 5.92 Å². The van der Waals surface area contributed by atoms with Gasteiger partial charge in [0.15, 0.2) is 11.0 Å². The molecule has 0 aliphatic carbocycles. The van der Waals surface area contributed by atoms with E-state index in [4.69, 9.17) is 18.0 Å². The fourth-order valence-corrected chi connectivity index (χ4v) is 2.95. The summed E-state index contributed by atoms with van der Waals surface area (Å²) < 4.78 is 0. The molecule has 0 spiro atoms. The summed E-state index contributed by atoms with van der Waals surface area (Å²) in [5, 5.41) is 6.34. The van der Waals surface area contributed by atoms with E-state index in [1.165, 1.54) is 0 Å². The van der Waals surface area contributed by atoms with E-state index in [0.29, 0.717) is 0 Å². The van der Waals surface area contributed by atoms with Crippen molar-refractivity contribution in [3.63, 3.8) is 0 Å². The molecular formula is C20H19N5O3S. The Labute approximate surface area is 172 Å². The lowest BCUT2D eigenvalue weighted by atomic mass is 10.0. The largest absolute Gasteiger partial charge is 0.375 e. The molecule has 148 valence electrons. The second-order valence-corrected chi connectivity index (χ2v) is 6.76. The normalized spacial score (nSPS) is 17.4. The van der Waals surface area contributed by atoms with Crippen molar-refractivity contribution in [1.82, 2.24) is 15.6 Å². The van der Waals surface area contributed by atoms with Crippen LogP contribution in [0.1, 0.15) is 11.1 Å². The number of hydrazone groups is 1. The van der Waals surface area contributed by atoms with Crippen molar-refractivity contribution in [1.29, 1.82) is 0 Å². The second-order valence-electron chi connectivity index (χ2n) is 6.32. The molecule has 0 saturated carbocycles. The number of nitrogens with zero attached hydrogens (tertiary/aromatic N) is 2. The molecule has 0 unspecified atom stereocenters. The van der Waals surface area contributed by atoms with Gasteiger partial charge in [0.25, 0.3) is 5.91 Å². The number of amides is 3. The first-order valence-electron chi connectivity index (χ1n) is 8.81. The molecule has 2 aromatic rings. The average molecular weight is 409 g/mol. The molecule has 1 saturated heterocycles. The third-order valence-corrected chi connectivity index (χ3v) is 4.38. The number of imide groups is 1. The number of hydrogen-bond acceptors (Lipinski definition) is 5. The van der Waals surface area contributed by atoms with Gasteiger partial charge in [0, 0.05) is 6.54 Å². The van der Waals surface area contributed by atoms with E-state index < -0.39 is 23.6 Å². The van der Waals surface area contributed by atoms with Gasteiger partial charge < -0.3 is 11.1 Å². The summed E-state index contributed by atoms with van der Waals surface area (Å²) in [4.78, 5) is 39.4. The summed E-state index contributed by atoms with van der Waals surface area (Å²) >= 11 is 4.70. The third kappa shape index (κ3) is 4.82. The van der Waals surface area contributed by atoms with Crippen LogP contribution in [-0.4, -0.2) is 33.4 Å². The lowest BCUT2D eigenvalue weighted by molar-refractivity contribution is -0.141. The molecule has 0 aromatic heterocycles. The lowest BCUT2D eigenvalue weighted by Gasteiger charge is -2.14. The molecule has 4 N–H and O–H groups in total. The first kappa shape index (κ1) is 20.2. The van der Waals surface area contributed by atoms with Crippen molar-refractivity contribution in [3.8, 4) is 0 Å². The highest BCUT2D eigenvalue weighted by molar-refractivity contribution is 7.80. The number of nitrogens with one attached hydrogen (secondary N) is 2. The van der Waals surface area contributed by atoms with Crippen LogP contribution in [0.5, 0.6) is 0 Å². The molecule has 1 atom stereocenters. The van der Waals surface area contributed by atoms with Crippen LogP contribution in [0.4, 0.5) is 0 Å². The Bertz CT molecular complexity index is 963. The van der Waals surface area contributed by atoms with Crippen LogP contribution in [0.2, 0.25) is 0 Å². The molecule has 9 heteroatoms. The highest BCUT2D eigenvalue weighted by Crippen LogP contribution is 2.21. The summed E-state index contributed by atoms with van der Waals surface area (Å²) in [5.74, 6) is -3.31. The van der Waals surface area contributed by atoms with E-state index in [2.05, 4.69) is 15.8 Å². The van der Waals surface area contributed by atoms with Gasteiger partial charge in [-0.3, -0.25) is 24.7 Å². The molecule has 29 heavy (non-hydrogen) atoms. The number of rotatable bonds is 6. The minimum atomic E-state index is -1.38. The van der Waals surface area contributed by atoms with E-state index in [-0.39, 0.29) is 23.9 Å². The summed E-state index contributed by atoms with van der Waals surface area (Å²) in [5.41, 5.74) is 9.03. The molecule has 8 nitrogen and oxygen atoms in total. The fraction of sp³-hybridized carbons (Fsp3) is 0.150.